The molecule has 0 spiro atoms. The van der Waals surface area contributed by atoms with Gasteiger partial charge in [-0.1, -0.05) is 72.8 Å². The minimum atomic E-state index is -0.612. The Bertz CT molecular complexity index is 1700. The van der Waals surface area contributed by atoms with E-state index in [0.717, 1.165) is 22.3 Å². The van der Waals surface area contributed by atoms with E-state index >= 15 is 0 Å². The summed E-state index contributed by atoms with van der Waals surface area (Å²) in [5, 5.41) is 16.6. The minimum Gasteiger partial charge on any atom is -0.507 e. The maximum Gasteiger partial charge on any atom is 0.407 e. The van der Waals surface area contributed by atoms with E-state index < -0.39 is 11.6 Å². The van der Waals surface area contributed by atoms with Crippen molar-refractivity contribution in [2.45, 2.75) is 32.7 Å². The summed E-state index contributed by atoms with van der Waals surface area (Å²) >= 11 is 0. The van der Waals surface area contributed by atoms with Crippen molar-refractivity contribution in [3.8, 4) is 5.75 Å². The number of ketones is 2. The first kappa shape index (κ1) is 28.4. The van der Waals surface area contributed by atoms with Gasteiger partial charge in [-0.25, -0.2) is 4.79 Å². The van der Waals surface area contributed by atoms with Gasteiger partial charge in [0.05, 0.1) is 29.0 Å². The Labute approximate surface area is 244 Å². The van der Waals surface area contributed by atoms with Gasteiger partial charge in [-0.3, -0.25) is 9.59 Å². The van der Waals surface area contributed by atoms with Crippen LogP contribution in [0.3, 0.4) is 0 Å². The van der Waals surface area contributed by atoms with Crippen LogP contribution in [0.25, 0.3) is 5.57 Å². The smallest absolute Gasteiger partial charge is 0.407 e. The Morgan fingerprint density at radius 1 is 0.857 bits per heavy atom. The van der Waals surface area contributed by atoms with Gasteiger partial charge in [0.25, 0.3) is 0 Å². The van der Waals surface area contributed by atoms with Crippen molar-refractivity contribution >= 4 is 34.6 Å². The largest absolute Gasteiger partial charge is 0.507 e. The molecule has 1 amide bonds. The van der Waals surface area contributed by atoms with Crippen LogP contribution in [0.5, 0.6) is 5.75 Å². The quantitative estimate of drug-likeness (QED) is 0.174. The Hall–Kier alpha value is -5.17. The number of aromatic hydroxyl groups is 1. The lowest BCUT2D eigenvalue weighted by Gasteiger charge is -2.26. The zero-order valence-corrected chi connectivity index (χ0v) is 23.8. The number of hydrogen-bond donors (Lipinski definition) is 3. The normalized spacial score (nSPS) is 12.3. The highest BCUT2D eigenvalue weighted by Gasteiger charge is 2.34. The predicted molar refractivity (Wildman–Crippen MR) is 164 cm³/mol. The van der Waals surface area contributed by atoms with Crippen LogP contribution in [-0.4, -0.2) is 29.4 Å². The lowest BCUT2D eigenvalue weighted by Crippen LogP contribution is -2.41. The molecule has 1 aliphatic rings. The second kappa shape index (κ2) is 11.4. The van der Waals surface area contributed by atoms with Gasteiger partial charge in [-0.05, 0) is 61.7 Å². The molecule has 0 heterocycles. The third kappa shape index (κ3) is 5.67. The molecule has 5 rings (SSSR count). The number of nitrogens with one attached hydrogen (secondary N) is 2. The molecule has 4 aromatic rings. The molecule has 7 heteroatoms. The number of rotatable bonds is 8. The van der Waals surface area contributed by atoms with E-state index in [1.165, 1.54) is 6.07 Å². The first-order valence-electron chi connectivity index (χ1n) is 13.7. The second-order valence-corrected chi connectivity index (χ2v) is 10.9. The molecule has 0 fully saturated rings. The van der Waals surface area contributed by atoms with Crippen LogP contribution >= 0.6 is 0 Å². The fourth-order valence-corrected chi connectivity index (χ4v) is 5.02. The van der Waals surface area contributed by atoms with E-state index in [-0.39, 0.29) is 40.6 Å². The lowest BCUT2D eigenvalue weighted by atomic mass is 9.82. The molecule has 0 radical (unpaired) electrons. The van der Waals surface area contributed by atoms with Crippen molar-refractivity contribution in [2.75, 3.05) is 11.9 Å². The van der Waals surface area contributed by atoms with Crippen LogP contribution in [0.15, 0.2) is 91.5 Å². The average Bonchev–Trinajstić information content (AvgIpc) is 2.97. The molecule has 0 saturated heterocycles. The van der Waals surface area contributed by atoms with Gasteiger partial charge in [0.15, 0.2) is 11.6 Å². The van der Waals surface area contributed by atoms with Crippen LogP contribution in [0.1, 0.15) is 69.3 Å². The monoisotopic (exact) mass is 560 g/mol. The molecule has 1 aliphatic carbocycles. The highest BCUT2D eigenvalue weighted by molar-refractivity contribution is 6.31. The molecule has 42 heavy (non-hydrogen) atoms. The number of ether oxygens (including phenoxy) is 1. The summed E-state index contributed by atoms with van der Waals surface area (Å²) in [7, 11) is 0. The van der Waals surface area contributed by atoms with Gasteiger partial charge < -0.3 is 20.5 Å². The molecular weight excluding hydrogens is 528 g/mol. The van der Waals surface area contributed by atoms with E-state index in [9.17, 15) is 19.5 Å². The number of anilines is 2. The summed E-state index contributed by atoms with van der Waals surface area (Å²) in [6.07, 6.45) is 0.0139. The van der Waals surface area contributed by atoms with Crippen LogP contribution in [-0.2, 0) is 16.7 Å². The lowest BCUT2D eigenvalue weighted by molar-refractivity contribution is 0.0977. The highest BCUT2D eigenvalue weighted by Crippen LogP contribution is 2.38. The Morgan fingerprint density at radius 2 is 1.48 bits per heavy atom. The molecule has 0 aromatic heterocycles. The van der Waals surface area contributed by atoms with Gasteiger partial charge >= 0.3 is 6.09 Å². The standard InChI is InChI=1S/C35H32N2O5/c1-21(2)23-11-13-24(14-12-23)35(3,4)37-34(41)42-20-19-22-9-15-25(16-10-22)36-28-17-18-29(38)31-30(28)32(39)26-7-5-6-8-27(26)33(31)40/h5-18,36,38H,1,19-20H2,2-4H3,(H,37,41). The number of phenolic OH excluding ortho intramolecular Hbond substituents is 1. The molecule has 0 bridgehead atoms. The third-order valence-electron chi connectivity index (χ3n) is 7.42. The average molecular weight is 561 g/mol. The summed E-state index contributed by atoms with van der Waals surface area (Å²) in [5.41, 5.74) is 5.20. The van der Waals surface area contributed by atoms with E-state index in [1.807, 2.05) is 69.3 Å². The fourth-order valence-electron chi connectivity index (χ4n) is 5.02. The Kier molecular flexibility index (Phi) is 7.68. The highest BCUT2D eigenvalue weighted by atomic mass is 16.5. The van der Waals surface area contributed by atoms with Gasteiger partial charge in [0.1, 0.15) is 5.75 Å². The molecule has 0 unspecified atom stereocenters. The summed E-state index contributed by atoms with van der Waals surface area (Å²) < 4.78 is 5.44. The molecule has 0 saturated carbocycles. The number of carbonyl (C=O) groups is 3. The van der Waals surface area contributed by atoms with Crippen molar-refractivity contribution in [3.05, 3.63) is 130 Å². The van der Waals surface area contributed by atoms with Gasteiger partial charge in [-0.15, -0.1) is 0 Å². The van der Waals surface area contributed by atoms with Crippen LogP contribution in [0, 0.1) is 0 Å². The number of benzene rings is 4. The molecule has 3 N–H and O–H groups in total. The first-order valence-corrected chi connectivity index (χ1v) is 13.7. The molecule has 0 atom stereocenters. The summed E-state index contributed by atoms with van der Waals surface area (Å²) in [6, 6.07) is 25.0. The summed E-state index contributed by atoms with van der Waals surface area (Å²) in [5.74, 6) is -0.936. The SMILES string of the molecule is C=C(C)c1ccc(C(C)(C)NC(=O)OCCc2ccc(Nc3ccc(O)c4c3C(=O)c3ccccc3C4=O)cc2)cc1. The number of allylic oxidation sites excluding steroid dienone is 1. The Morgan fingerprint density at radius 3 is 2.10 bits per heavy atom. The van der Waals surface area contributed by atoms with Crippen LogP contribution < -0.4 is 10.6 Å². The van der Waals surface area contributed by atoms with E-state index in [1.54, 1.807) is 30.3 Å². The van der Waals surface area contributed by atoms with Crippen LogP contribution in [0.4, 0.5) is 16.2 Å². The maximum absolute atomic E-state index is 13.3. The number of carbonyl (C=O) groups excluding carboxylic acids is 3. The zero-order chi connectivity index (χ0) is 30.0. The van der Waals surface area contributed by atoms with Crippen molar-refractivity contribution in [2.24, 2.45) is 0 Å². The molecule has 4 aromatic carbocycles. The van der Waals surface area contributed by atoms with Crippen molar-refractivity contribution in [1.29, 1.82) is 0 Å². The topological polar surface area (TPSA) is 105 Å². The van der Waals surface area contributed by atoms with Gasteiger partial charge in [0.2, 0.25) is 0 Å². The summed E-state index contributed by atoms with van der Waals surface area (Å²) in [4.78, 5) is 38.9. The summed E-state index contributed by atoms with van der Waals surface area (Å²) in [6.45, 7) is 9.94. The van der Waals surface area contributed by atoms with Crippen molar-refractivity contribution < 1.29 is 24.2 Å². The van der Waals surface area contributed by atoms with E-state index in [4.69, 9.17) is 4.74 Å². The molecule has 212 valence electrons. The zero-order valence-electron chi connectivity index (χ0n) is 23.8. The Balaban J connectivity index is 1.20. The van der Waals surface area contributed by atoms with Crippen molar-refractivity contribution in [3.63, 3.8) is 0 Å². The molecule has 7 nitrogen and oxygen atoms in total. The number of hydrogen-bond acceptors (Lipinski definition) is 6. The fraction of sp³-hybridized carbons (Fsp3) is 0.171. The number of amides is 1. The minimum absolute atomic E-state index is 0.00259. The first-order chi connectivity index (χ1) is 20.0. The molecular formula is C35H32N2O5. The van der Waals surface area contributed by atoms with Crippen LogP contribution in [0.2, 0.25) is 0 Å². The van der Waals surface area contributed by atoms with E-state index in [2.05, 4.69) is 17.2 Å². The van der Waals surface area contributed by atoms with Gasteiger partial charge in [0, 0.05) is 23.2 Å². The number of fused-ring (bicyclic) bond motifs is 2. The van der Waals surface area contributed by atoms with Crippen molar-refractivity contribution in [1.82, 2.24) is 5.32 Å². The number of phenols is 1. The third-order valence-corrected chi connectivity index (χ3v) is 7.42. The van der Waals surface area contributed by atoms with Gasteiger partial charge in [-0.2, -0.15) is 0 Å². The predicted octanol–water partition coefficient (Wildman–Crippen LogP) is 7.15. The molecule has 0 aliphatic heterocycles. The number of alkyl carbamates (subject to hydrolysis) is 1. The second-order valence-electron chi connectivity index (χ2n) is 10.9. The van der Waals surface area contributed by atoms with E-state index in [0.29, 0.717) is 23.4 Å². The maximum atomic E-state index is 13.3.